The Labute approximate surface area is 178 Å². The van der Waals surface area contributed by atoms with Crippen molar-refractivity contribution in [3.63, 3.8) is 0 Å². The summed E-state index contributed by atoms with van der Waals surface area (Å²) < 4.78 is 23.6. The molecular weight excluding hydrogens is 406 g/mol. The van der Waals surface area contributed by atoms with Crippen LogP contribution >= 0.6 is 11.8 Å². The van der Waals surface area contributed by atoms with E-state index in [1.807, 2.05) is 24.3 Å². The van der Waals surface area contributed by atoms with E-state index >= 15 is 0 Å². The molecule has 3 aromatic rings. The van der Waals surface area contributed by atoms with Crippen LogP contribution in [0.4, 0.5) is 0 Å². The number of nitrogens with zero attached hydrogens (tertiary/aromatic N) is 3. The van der Waals surface area contributed by atoms with Gasteiger partial charge in [-0.3, -0.25) is 9.36 Å². The zero-order valence-corrected chi connectivity index (χ0v) is 17.7. The number of hydrogen-bond acceptors (Lipinski definition) is 8. The highest BCUT2D eigenvalue weighted by Gasteiger charge is 2.22. The number of benzene rings is 1. The highest BCUT2D eigenvalue weighted by Crippen LogP contribution is 2.29. The Hall–Kier alpha value is -2.78. The molecule has 0 N–H and O–H groups in total. The third-order valence-corrected chi connectivity index (χ3v) is 5.88. The quantitative estimate of drug-likeness (QED) is 0.504. The third kappa shape index (κ3) is 4.52. The predicted molar refractivity (Wildman–Crippen MR) is 112 cm³/mol. The van der Waals surface area contributed by atoms with Crippen molar-refractivity contribution in [3.05, 3.63) is 52.6 Å². The first-order valence-corrected chi connectivity index (χ1v) is 10.6. The second-order valence-electron chi connectivity index (χ2n) is 6.85. The molecular formula is C21H23N3O5S. The lowest BCUT2D eigenvalue weighted by Gasteiger charge is -2.15. The van der Waals surface area contributed by atoms with Crippen LogP contribution in [-0.4, -0.2) is 41.7 Å². The molecule has 1 fully saturated rings. The largest absolute Gasteiger partial charge is 0.497 e. The second kappa shape index (κ2) is 9.36. The Bertz CT molecular complexity index is 1040. The smallest absolute Gasteiger partial charge is 0.227 e. The van der Waals surface area contributed by atoms with Crippen molar-refractivity contribution in [1.82, 2.24) is 14.8 Å². The molecule has 0 aliphatic carbocycles. The van der Waals surface area contributed by atoms with Gasteiger partial charge in [-0.15, -0.1) is 10.2 Å². The van der Waals surface area contributed by atoms with Gasteiger partial charge in [0.25, 0.3) is 0 Å². The maximum absolute atomic E-state index is 12.0. The van der Waals surface area contributed by atoms with E-state index < -0.39 is 0 Å². The van der Waals surface area contributed by atoms with Crippen LogP contribution in [-0.2, 0) is 17.0 Å². The number of ether oxygens (including phenoxy) is 3. The molecule has 0 bridgehead atoms. The fourth-order valence-corrected chi connectivity index (χ4v) is 4.14. The van der Waals surface area contributed by atoms with Crippen molar-refractivity contribution in [1.29, 1.82) is 0 Å². The normalized spacial score (nSPS) is 16.0. The lowest BCUT2D eigenvalue weighted by Crippen LogP contribution is -2.16. The molecule has 1 aliphatic heterocycles. The molecule has 9 heteroatoms. The average Bonchev–Trinajstić information content (AvgIpc) is 3.43. The highest BCUT2D eigenvalue weighted by molar-refractivity contribution is 7.98. The standard InChI is InChI=1S/C21H23N3O5S/c1-26-15-7-5-14(6-8-15)20-22-23-21(24(20)11-16-4-3-9-28-16)30-13-17-10-18(25)19(27-2)12-29-17/h5-8,10,12,16H,3-4,9,11,13H2,1-2H3. The first kappa shape index (κ1) is 20.5. The van der Waals surface area contributed by atoms with Crippen molar-refractivity contribution >= 4 is 11.8 Å². The van der Waals surface area contributed by atoms with Crippen LogP contribution in [0.15, 0.2) is 51.0 Å². The van der Waals surface area contributed by atoms with E-state index in [0.717, 1.165) is 41.7 Å². The van der Waals surface area contributed by atoms with Crippen molar-refractivity contribution in [2.24, 2.45) is 0 Å². The zero-order valence-electron chi connectivity index (χ0n) is 16.9. The molecule has 0 radical (unpaired) electrons. The van der Waals surface area contributed by atoms with E-state index in [1.54, 1.807) is 7.11 Å². The third-order valence-electron chi connectivity index (χ3n) is 4.89. The van der Waals surface area contributed by atoms with Crippen molar-refractivity contribution in [2.45, 2.75) is 36.4 Å². The number of thioether (sulfide) groups is 1. The highest BCUT2D eigenvalue weighted by atomic mass is 32.2. The molecule has 0 saturated carbocycles. The molecule has 30 heavy (non-hydrogen) atoms. The summed E-state index contributed by atoms with van der Waals surface area (Å²) in [5.74, 6) is 2.74. The topological polar surface area (TPSA) is 88.6 Å². The van der Waals surface area contributed by atoms with Crippen LogP contribution in [0.25, 0.3) is 11.4 Å². The average molecular weight is 429 g/mol. The van der Waals surface area contributed by atoms with Crippen LogP contribution < -0.4 is 14.9 Å². The molecule has 0 amide bonds. The Morgan fingerprint density at radius 3 is 2.70 bits per heavy atom. The van der Waals surface area contributed by atoms with Crippen LogP contribution in [0.5, 0.6) is 11.5 Å². The fraction of sp³-hybridized carbons (Fsp3) is 0.381. The van der Waals surface area contributed by atoms with Crippen LogP contribution in [0, 0.1) is 0 Å². The van der Waals surface area contributed by atoms with E-state index in [1.165, 1.54) is 31.2 Å². The summed E-state index contributed by atoms with van der Waals surface area (Å²) in [6.07, 6.45) is 3.54. The van der Waals surface area contributed by atoms with Gasteiger partial charge in [0.15, 0.2) is 11.0 Å². The zero-order chi connectivity index (χ0) is 20.9. The Kier molecular flexibility index (Phi) is 6.39. The molecule has 0 spiro atoms. The molecule has 4 rings (SSSR count). The SMILES string of the molecule is COc1ccc(-c2nnc(SCc3cc(=O)c(OC)co3)n2CC2CCCO2)cc1. The summed E-state index contributed by atoms with van der Waals surface area (Å²) in [4.78, 5) is 12.0. The van der Waals surface area contributed by atoms with E-state index in [4.69, 9.17) is 18.6 Å². The van der Waals surface area contributed by atoms with Gasteiger partial charge in [0, 0.05) is 18.2 Å². The van der Waals surface area contributed by atoms with Crippen molar-refractivity contribution in [2.75, 3.05) is 20.8 Å². The first-order chi connectivity index (χ1) is 14.7. The van der Waals surface area contributed by atoms with E-state index in [0.29, 0.717) is 18.1 Å². The summed E-state index contributed by atoms with van der Waals surface area (Å²) in [5.41, 5.74) is 0.739. The van der Waals surface area contributed by atoms with Gasteiger partial charge in [0.2, 0.25) is 11.2 Å². The molecule has 3 heterocycles. The monoisotopic (exact) mass is 429 g/mol. The molecule has 2 aromatic heterocycles. The number of aromatic nitrogens is 3. The van der Waals surface area contributed by atoms with Gasteiger partial charge in [-0.25, -0.2) is 0 Å². The minimum absolute atomic E-state index is 0.135. The Morgan fingerprint density at radius 2 is 2.03 bits per heavy atom. The molecule has 1 saturated heterocycles. The molecule has 1 aliphatic rings. The lowest BCUT2D eigenvalue weighted by molar-refractivity contribution is 0.0953. The minimum atomic E-state index is -0.209. The molecule has 1 atom stereocenters. The van der Waals surface area contributed by atoms with Crippen LogP contribution in [0.3, 0.4) is 0 Å². The summed E-state index contributed by atoms with van der Waals surface area (Å²) in [6, 6.07) is 9.17. The summed E-state index contributed by atoms with van der Waals surface area (Å²) in [5, 5.41) is 9.56. The number of methoxy groups -OCH3 is 2. The van der Waals surface area contributed by atoms with Gasteiger partial charge in [0.1, 0.15) is 17.8 Å². The Balaban J connectivity index is 1.58. The van der Waals surface area contributed by atoms with Gasteiger partial charge < -0.3 is 18.6 Å². The molecule has 8 nitrogen and oxygen atoms in total. The first-order valence-electron chi connectivity index (χ1n) is 9.65. The molecule has 1 unspecified atom stereocenters. The van der Waals surface area contributed by atoms with Crippen molar-refractivity contribution < 1.29 is 18.6 Å². The van der Waals surface area contributed by atoms with Crippen molar-refractivity contribution in [3.8, 4) is 22.9 Å². The van der Waals surface area contributed by atoms with Gasteiger partial charge in [-0.1, -0.05) is 11.8 Å². The predicted octanol–water partition coefficient (Wildman–Crippen LogP) is 3.39. The molecule has 1 aromatic carbocycles. The molecule has 158 valence electrons. The summed E-state index contributed by atoms with van der Waals surface area (Å²) in [7, 11) is 3.08. The summed E-state index contributed by atoms with van der Waals surface area (Å²) in [6.45, 7) is 1.45. The van der Waals surface area contributed by atoms with Gasteiger partial charge in [-0.05, 0) is 37.1 Å². The van der Waals surface area contributed by atoms with Crippen LogP contribution in [0.1, 0.15) is 18.6 Å². The van der Waals surface area contributed by atoms with E-state index in [-0.39, 0.29) is 17.3 Å². The van der Waals surface area contributed by atoms with Gasteiger partial charge in [-0.2, -0.15) is 0 Å². The van der Waals surface area contributed by atoms with Gasteiger partial charge in [0.05, 0.1) is 32.6 Å². The second-order valence-corrected chi connectivity index (χ2v) is 7.79. The Morgan fingerprint density at radius 1 is 1.20 bits per heavy atom. The maximum Gasteiger partial charge on any atom is 0.227 e. The van der Waals surface area contributed by atoms with Gasteiger partial charge >= 0.3 is 0 Å². The van der Waals surface area contributed by atoms with E-state index in [2.05, 4.69) is 14.8 Å². The van der Waals surface area contributed by atoms with Crippen LogP contribution in [0.2, 0.25) is 0 Å². The number of hydrogen-bond donors (Lipinski definition) is 0. The fourth-order valence-electron chi connectivity index (χ4n) is 3.30. The number of rotatable bonds is 8. The summed E-state index contributed by atoms with van der Waals surface area (Å²) >= 11 is 1.46. The lowest BCUT2D eigenvalue weighted by atomic mass is 10.2. The minimum Gasteiger partial charge on any atom is -0.497 e. The van der Waals surface area contributed by atoms with E-state index in [9.17, 15) is 4.79 Å². The maximum atomic E-state index is 12.0.